The van der Waals surface area contributed by atoms with Crippen molar-refractivity contribution in [3.63, 3.8) is 0 Å². The van der Waals surface area contributed by atoms with E-state index < -0.39 is 5.82 Å². The zero-order valence-corrected chi connectivity index (χ0v) is 11.0. The van der Waals surface area contributed by atoms with Crippen molar-refractivity contribution in [2.75, 3.05) is 25.9 Å². The number of hydrogen-bond donors (Lipinski definition) is 1. The van der Waals surface area contributed by atoms with Gasteiger partial charge in [0.15, 0.2) is 0 Å². The van der Waals surface area contributed by atoms with Gasteiger partial charge in [-0.3, -0.25) is 9.59 Å². The van der Waals surface area contributed by atoms with Gasteiger partial charge in [-0.05, 0) is 25.1 Å². The molecule has 0 radical (unpaired) electrons. The molecule has 0 saturated heterocycles. The maximum atomic E-state index is 13.2. The Balaban J connectivity index is 2.61. The Hall–Kier alpha value is -2.11. The number of ether oxygens (including phenoxy) is 1. The van der Waals surface area contributed by atoms with Crippen LogP contribution in [0.25, 0.3) is 0 Å². The van der Waals surface area contributed by atoms with Crippen LogP contribution in [-0.2, 0) is 9.53 Å². The summed E-state index contributed by atoms with van der Waals surface area (Å²) in [6, 6.07) is 3.86. The third-order valence-electron chi connectivity index (χ3n) is 2.55. The molecule has 0 aromatic heterocycles. The van der Waals surface area contributed by atoms with Crippen LogP contribution in [0, 0.1) is 5.82 Å². The number of carbonyl (C=O) groups excluding carboxylic acids is 2. The van der Waals surface area contributed by atoms with E-state index in [1.54, 1.807) is 6.92 Å². The van der Waals surface area contributed by atoms with Crippen LogP contribution in [0.3, 0.4) is 0 Å². The Morgan fingerprint density at radius 1 is 1.42 bits per heavy atom. The van der Waals surface area contributed by atoms with Crippen molar-refractivity contribution in [2.24, 2.45) is 0 Å². The number of nitrogens with zero attached hydrogens (tertiary/aromatic N) is 1. The highest BCUT2D eigenvalue weighted by Gasteiger charge is 2.14. The molecule has 0 heterocycles. The van der Waals surface area contributed by atoms with E-state index in [1.165, 1.54) is 24.1 Å². The fraction of sp³-hybridized carbons (Fsp3) is 0.385. The number of nitrogens with two attached hydrogens (primary N) is 1. The number of rotatable bonds is 5. The fourth-order valence-corrected chi connectivity index (χ4v) is 1.47. The number of carbonyl (C=O) groups is 2. The van der Waals surface area contributed by atoms with Crippen LogP contribution in [0.1, 0.15) is 23.7 Å². The quantitative estimate of drug-likeness (QED) is 0.647. The summed E-state index contributed by atoms with van der Waals surface area (Å²) in [7, 11) is 1.54. The van der Waals surface area contributed by atoms with Crippen molar-refractivity contribution in [1.29, 1.82) is 0 Å². The predicted molar refractivity (Wildman–Crippen MR) is 69.0 cm³/mol. The third-order valence-corrected chi connectivity index (χ3v) is 2.55. The van der Waals surface area contributed by atoms with E-state index in [4.69, 9.17) is 10.5 Å². The third kappa shape index (κ3) is 4.24. The lowest BCUT2D eigenvalue weighted by atomic mass is 10.1. The molecule has 1 aromatic carbocycles. The van der Waals surface area contributed by atoms with Crippen LogP contribution in [0.4, 0.5) is 10.1 Å². The minimum absolute atomic E-state index is 0.00859. The number of esters is 1. The van der Waals surface area contributed by atoms with Gasteiger partial charge in [0.1, 0.15) is 5.82 Å². The highest BCUT2D eigenvalue weighted by atomic mass is 19.1. The zero-order valence-electron chi connectivity index (χ0n) is 11.0. The second kappa shape index (κ2) is 6.72. The van der Waals surface area contributed by atoms with Crippen molar-refractivity contribution < 1.29 is 18.7 Å². The highest BCUT2D eigenvalue weighted by molar-refractivity contribution is 5.94. The first-order valence-corrected chi connectivity index (χ1v) is 5.91. The first-order valence-electron chi connectivity index (χ1n) is 5.91. The summed E-state index contributed by atoms with van der Waals surface area (Å²) in [5.74, 6) is -1.38. The van der Waals surface area contributed by atoms with E-state index >= 15 is 0 Å². The van der Waals surface area contributed by atoms with Gasteiger partial charge in [0, 0.05) is 19.2 Å². The Morgan fingerprint density at radius 3 is 2.68 bits per heavy atom. The summed E-state index contributed by atoms with van der Waals surface area (Å²) in [6.07, 6.45) is 0.105. The van der Waals surface area contributed by atoms with E-state index in [9.17, 15) is 14.0 Å². The summed E-state index contributed by atoms with van der Waals surface area (Å²) in [5.41, 5.74) is 5.52. The van der Waals surface area contributed by atoms with Crippen molar-refractivity contribution in [3.05, 3.63) is 29.6 Å². The Kier molecular flexibility index (Phi) is 5.29. The maximum absolute atomic E-state index is 13.2. The first kappa shape index (κ1) is 14.9. The van der Waals surface area contributed by atoms with Crippen molar-refractivity contribution in [1.82, 2.24) is 4.90 Å². The zero-order chi connectivity index (χ0) is 14.4. The lowest BCUT2D eigenvalue weighted by Gasteiger charge is -2.16. The molecule has 1 amide bonds. The van der Waals surface area contributed by atoms with E-state index in [1.807, 2.05) is 0 Å². The van der Waals surface area contributed by atoms with E-state index in [0.717, 1.165) is 6.07 Å². The van der Waals surface area contributed by atoms with Gasteiger partial charge < -0.3 is 15.4 Å². The number of anilines is 1. The number of halogens is 1. The van der Waals surface area contributed by atoms with E-state index in [-0.39, 0.29) is 36.1 Å². The SMILES string of the molecule is CCOC(=O)CCN(C)C(=O)c1ccc(N)c(F)c1. The summed E-state index contributed by atoms with van der Waals surface area (Å²) in [4.78, 5) is 24.4. The number of benzene rings is 1. The van der Waals surface area contributed by atoms with Crippen LogP contribution in [-0.4, -0.2) is 37.0 Å². The Labute approximate surface area is 111 Å². The Morgan fingerprint density at radius 2 is 2.11 bits per heavy atom. The molecule has 0 atom stereocenters. The predicted octanol–water partition coefficient (Wildman–Crippen LogP) is 1.43. The molecule has 5 nitrogen and oxygen atoms in total. The number of amides is 1. The molecule has 2 N–H and O–H groups in total. The normalized spacial score (nSPS) is 10.1. The molecule has 1 aromatic rings. The van der Waals surface area contributed by atoms with Crippen LogP contribution in [0.15, 0.2) is 18.2 Å². The van der Waals surface area contributed by atoms with Crippen molar-refractivity contribution in [2.45, 2.75) is 13.3 Å². The van der Waals surface area contributed by atoms with Gasteiger partial charge in [0.2, 0.25) is 0 Å². The minimum Gasteiger partial charge on any atom is -0.466 e. The average Bonchev–Trinajstić information content (AvgIpc) is 2.38. The Bertz CT molecular complexity index is 477. The standard InChI is InChI=1S/C13H17FN2O3/c1-3-19-12(17)6-7-16(2)13(18)9-4-5-11(15)10(14)8-9/h4-5,8H,3,6-7,15H2,1-2H3. The van der Waals surface area contributed by atoms with Crippen molar-refractivity contribution in [3.8, 4) is 0 Å². The lowest BCUT2D eigenvalue weighted by molar-refractivity contribution is -0.143. The van der Waals surface area contributed by atoms with Gasteiger partial charge in [-0.25, -0.2) is 4.39 Å². The van der Waals surface area contributed by atoms with Crippen LogP contribution >= 0.6 is 0 Å². The largest absolute Gasteiger partial charge is 0.466 e. The van der Waals surface area contributed by atoms with Crippen molar-refractivity contribution >= 4 is 17.6 Å². The topological polar surface area (TPSA) is 72.6 Å². The fourth-order valence-electron chi connectivity index (χ4n) is 1.47. The van der Waals surface area contributed by atoms with Crippen LogP contribution in [0.5, 0.6) is 0 Å². The smallest absolute Gasteiger partial charge is 0.307 e. The molecule has 0 unspecified atom stereocenters. The molecule has 1 rings (SSSR count). The first-order chi connectivity index (χ1) is 8.95. The van der Waals surface area contributed by atoms with E-state index in [2.05, 4.69) is 0 Å². The summed E-state index contributed by atoms with van der Waals surface area (Å²) in [6.45, 7) is 2.23. The molecule has 0 spiro atoms. The maximum Gasteiger partial charge on any atom is 0.307 e. The highest BCUT2D eigenvalue weighted by Crippen LogP contribution is 2.13. The molecule has 0 aliphatic rings. The van der Waals surface area contributed by atoms with Gasteiger partial charge in [-0.15, -0.1) is 0 Å². The minimum atomic E-state index is -0.635. The summed E-state index contributed by atoms with van der Waals surface area (Å²) < 4.78 is 18.0. The molecular formula is C13H17FN2O3. The van der Waals surface area contributed by atoms with Crippen LogP contribution in [0.2, 0.25) is 0 Å². The number of nitrogen functional groups attached to an aromatic ring is 1. The van der Waals surface area contributed by atoms with Gasteiger partial charge >= 0.3 is 5.97 Å². The van der Waals surface area contributed by atoms with Gasteiger partial charge in [0.05, 0.1) is 18.7 Å². The summed E-state index contributed by atoms with van der Waals surface area (Å²) in [5, 5.41) is 0. The van der Waals surface area contributed by atoms with Gasteiger partial charge in [-0.2, -0.15) is 0 Å². The molecule has 19 heavy (non-hydrogen) atoms. The lowest BCUT2D eigenvalue weighted by Crippen LogP contribution is -2.29. The molecule has 0 aliphatic heterocycles. The second-order valence-corrected chi connectivity index (χ2v) is 4.02. The van der Waals surface area contributed by atoms with Crippen LogP contribution < -0.4 is 5.73 Å². The molecular weight excluding hydrogens is 251 g/mol. The van der Waals surface area contributed by atoms with Gasteiger partial charge in [0.25, 0.3) is 5.91 Å². The molecule has 6 heteroatoms. The molecule has 0 fully saturated rings. The number of hydrogen-bond acceptors (Lipinski definition) is 4. The molecule has 104 valence electrons. The monoisotopic (exact) mass is 268 g/mol. The molecule has 0 aliphatic carbocycles. The average molecular weight is 268 g/mol. The summed E-state index contributed by atoms with van der Waals surface area (Å²) >= 11 is 0. The second-order valence-electron chi connectivity index (χ2n) is 4.02. The molecule has 0 bridgehead atoms. The van der Waals surface area contributed by atoms with Gasteiger partial charge in [-0.1, -0.05) is 0 Å². The molecule has 0 saturated carbocycles. The van der Waals surface area contributed by atoms with E-state index in [0.29, 0.717) is 6.61 Å².